The summed E-state index contributed by atoms with van der Waals surface area (Å²) in [6, 6.07) is 12.6. The molecule has 124 valence electrons. The number of hydrogen-bond acceptors (Lipinski definition) is 3. The van der Waals surface area contributed by atoms with Gasteiger partial charge in [-0.15, -0.1) is 0 Å². The Labute approximate surface area is 142 Å². The maximum absolute atomic E-state index is 5.68. The molecule has 1 aromatic heterocycles. The van der Waals surface area contributed by atoms with Crippen molar-refractivity contribution in [1.82, 2.24) is 9.88 Å². The van der Waals surface area contributed by atoms with Crippen molar-refractivity contribution in [2.24, 2.45) is 7.05 Å². The fourth-order valence-corrected chi connectivity index (χ4v) is 3.87. The van der Waals surface area contributed by atoms with E-state index in [2.05, 4.69) is 41.2 Å². The van der Waals surface area contributed by atoms with Crippen molar-refractivity contribution < 1.29 is 9.47 Å². The first-order valence-corrected chi connectivity index (χ1v) is 8.27. The first-order valence-electron chi connectivity index (χ1n) is 8.27. The van der Waals surface area contributed by atoms with E-state index < -0.39 is 0 Å². The minimum Gasteiger partial charge on any atom is -0.493 e. The lowest BCUT2D eigenvalue weighted by atomic mass is 9.95. The summed E-state index contributed by atoms with van der Waals surface area (Å²) >= 11 is 0. The lowest BCUT2D eigenvalue weighted by Gasteiger charge is -2.16. The number of ether oxygens (including phenoxy) is 2. The van der Waals surface area contributed by atoms with Gasteiger partial charge in [0.15, 0.2) is 11.5 Å². The molecular formula is C20H22N2O2. The first-order chi connectivity index (χ1) is 11.8. The maximum atomic E-state index is 5.68. The average Bonchev–Trinajstić information content (AvgIpc) is 2.94. The molecule has 0 atom stereocenters. The fourth-order valence-electron chi connectivity index (χ4n) is 3.87. The van der Waals surface area contributed by atoms with E-state index in [1.165, 1.54) is 27.7 Å². The molecular weight excluding hydrogens is 300 g/mol. The molecule has 4 nitrogen and oxygen atoms in total. The third kappa shape index (κ3) is 2.10. The minimum absolute atomic E-state index is 0.762. The van der Waals surface area contributed by atoms with Gasteiger partial charge in [-0.05, 0) is 36.2 Å². The Kier molecular flexibility index (Phi) is 3.69. The van der Waals surface area contributed by atoms with Gasteiger partial charge < -0.3 is 19.4 Å². The summed E-state index contributed by atoms with van der Waals surface area (Å²) < 4.78 is 13.5. The summed E-state index contributed by atoms with van der Waals surface area (Å²) in [7, 11) is 5.53. The van der Waals surface area contributed by atoms with E-state index >= 15 is 0 Å². The smallest absolute Gasteiger partial charge is 0.168 e. The highest BCUT2D eigenvalue weighted by atomic mass is 16.5. The summed E-state index contributed by atoms with van der Waals surface area (Å²) in [6.45, 7) is 1.95. The molecule has 2 aromatic carbocycles. The quantitative estimate of drug-likeness (QED) is 0.801. The molecule has 1 N–H and O–H groups in total. The van der Waals surface area contributed by atoms with Gasteiger partial charge in [0.1, 0.15) is 0 Å². The molecule has 0 amide bonds. The summed E-state index contributed by atoms with van der Waals surface area (Å²) in [5.41, 5.74) is 6.39. The highest BCUT2D eigenvalue weighted by Crippen LogP contribution is 2.42. The van der Waals surface area contributed by atoms with Crippen LogP contribution in [0.15, 0.2) is 36.4 Å². The van der Waals surface area contributed by atoms with Gasteiger partial charge in [0.25, 0.3) is 0 Å². The summed E-state index contributed by atoms with van der Waals surface area (Å²) in [4.78, 5) is 0. The van der Waals surface area contributed by atoms with E-state index in [0.717, 1.165) is 36.6 Å². The number of methoxy groups -OCH3 is 2. The van der Waals surface area contributed by atoms with E-state index in [-0.39, 0.29) is 0 Å². The molecule has 0 spiro atoms. The summed E-state index contributed by atoms with van der Waals surface area (Å²) in [6.07, 6.45) is 1.05. The maximum Gasteiger partial charge on any atom is 0.168 e. The van der Waals surface area contributed by atoms with Gasteiger partial charge in [0.2, 0.25) is 0 Å². The van der Waals surface area contributed by atoms with Crippen LogP contribution in [0.2, 0.25) is 0 Å². The van der Waals surface area contributed by atoms with Gasteiger partial charge in [0, 0.05) is 35.8 Å². The number of aromatic nitrogens is 1. The average molecular weight is 322 g/mol. The minimum atomic E-state index is 0.762. The summed E-state index contributed by atoms with van der Waals surface area (Å²) in [5, 5.41) is 4.81. The second-order valence-electron chi connectivity index (χ2n) is 6.15. The molecule has 4 heteroatoms. The highest BCUT2D eigenvalue weighted by Gasteiger charge is 2.22. The molecule has 0 unspecified atom stereocenters. The Morgan fingerprint density at radius 1 is 1.00 bits per heavy atom. The lowest BCUT2D eigenvalue weighted by molar-refractivity contribution is 0.356. The van der Waals surface area contributed by atoms with Gasteiger partial charge in [-0.1, -0.05) is 24.3 Å². The van der Waals surface area contributed by atoms with E-state index in [4.69, 9.17) is 9.47 Å². The largest absolute Gasteiger partial charge is 0.493 e. The molecule has 3 aromatic rings. The SMILES string of the molecule is COc1cccc(-c2cccc3c2c2c(n3C)CNCC2)c1OC. The predicted octanol–water partition coefficient (Wildman–Crippen LogP) is 3.51. The molecule has 1 aliphatic heterocycles. The first kappa shape index (κ1) is 15.1. The lowest BCUT2D eigenvalue weighted by Crippen LogP contribution is -2.24. The number of nitrogens with zero attached hydrogens (tertiary/aromatic N) is 1. The molecule has 0 aliphatic carbocycles. The third-order valence-corrected chi connectivity index (χ3v) is 5.00. The zero-order chi connectivity index (χ0) is 16.7. The van der Waals surface area contributed by atoms with Crippen molar-refractivity contribution in [3.63, 3.8) is 0 Å². The van der Waals surface area contributed by atoms with Crippen LogP contribution in [0.3, 0.4) is 0 Å². The van der Waals surface area contributed by atoms with Crippen LogP contribution in [0.5, 0.6) is 11.5 Å². The van der Waals surface area contributed by atoms with Crippen LogP contribution >= 0.6 is 0 Å². The Bertz CT molecular complexity index is 912. The van der Waals surface area contributed by atoms with Gasteiger partial charge in [0.05, 0.1) is 14.2 Å². The molecule has 2 heterocycles. The van der Waals surface area contributed by atoms with Crippen LogP contribution in [-0.2, 0) is 20.0 Å². The van der Waals surface area contributed by atoms with Gasteiger partial charge in [-0.25, -0.2) is 0 Å². The molecule has 0 radical (unpaired) electrons. The number of benzene rings is 2. The van der Waals surface area contributed by atoms with Crippen molar-refractivity contribution in [2.75, 3.05) is 20.8 Å². The Morgan fingerprint density at radius 3 is 2.58 bits per heavy atom. The highest BCUT2D eigenvalue weighted by molar-refractivity contribution is 6.00. The van der Waals surface area contributed by atoms with E-state index in [9.17, 15) is 0 Å². The van der Waals surface area contributed by atoms with Crippen LogP contribution in [0.4, 0.5) is 0 Å². The number of hydrogen-bond donors (Lipinski definition) is 1. The number of aryl methyl sites for hydroxylation is 1. The van der Waals surface area contributed by atoms with E-state index in [0.29, 0.717) is 0 Å². The van der Waals surface area contributed by atoms with Crippen molar-refractivity contribution >= 4 is 10.9 Å². The van der Waals surface area contributed by atoms with Crippen molar-refractivity contribution in [3.8, 4) is 22.6 Å². The second-order valence-corrected chi connectivity index (χ2v) is 6.15. The molecule has 0 saturated heterocycles. The Balaban J connectivity index is 2.06. The number of fused-ring (bicyclic) bond motifs is 3. The van der Waals surface area contributed by atoms with E-state index in [1.54, 1.807) is 14.2 Å². The van der Waals surface area contributed by atoms with Gasteiger partial charge in [-0.3, -0.25) is 0 Å². The van der Waals surface area contributed by atoms with Gasteiger partial charge >= 0.3 is 0 Å². The Morgan fingerprint density at radius 2 is 1.79 bits per heavy atom. The van der Waals surface area contributed by atoms with Gasteiger partial charge in [-0.2, -0.15) is 0 Å². The third-order valence-electron chi connectivity index (χ3n) is 5.00. The number of para-hydroxylation sites is 1. The zero-order valence-corrected chi connectivity index (χ0v) is 14.3. The predicted molar refractivity (Wildman–Crippen MR) is 96.9 cm³/mol. The molecule has 24 heavy (non-hydrogen) atoms. The topological polar surface area (TPSA) is 35.4 Å². The Hall–Kier alpha value is -2.46. The summed E-state index contributed by atoms with van der Waals surface area (Å²) in [5.74, 6) is 1.55. The van der Waals surface area contributed by atoms with Crippen molar-refractivity contribution in [1.29, 1.82) is 0 Å². The van der Waals surface area contributed by atoms with Crippen molar-refractivity contribution in [2.45, 2.75) is 13.0 Å². The number of rotatable bonds is 3. The van der Waals surface area contributed by atoms with Crippen LogP contribution in [0.1, 0.15) is 11.3 Å². The molecule has 4 rings (SSSR count). The second kappa shape index (κ2) is 5.87. The molecule has 1 aliphatic rings. The van der Waals surface area contributed by atoms with Crippen molar-refractivity contribution in [3.05, 3.63) is 47.7 Å². The normalized spacial score (nSPS) is 13.8. The van der Waals surface area contributed by atoms with E-state index in [1.807, 2.05) is 12.1 Å². The number of nitrogens with one attached hydrogen (secondary N) is 1. The van der Waals surface area contributed by atoms with Crippen LogP contribution in [-0.4, -0.2) is 25.3 Å². The fraction of sp³-hybridized carbons (Fsp3) is 0.300. The molecule has 0 bridgehead atoms. The van der Waals surface area contributed by atoms with Crippen LogP contribution in [0.25, 0.3) is 22.0 Å². The standard InChI is InChI=1S/C20H22N2O2/c1-22-16-8-4-6-13(19(16)15-10-11-21-12-17(15)22)14-7-5-9-18(23-2)20(14)24-3/h4-9,21H,10-12H2,1-3H3. The van der Waals surface area contributed by atoms with Crippen LogP contribution < -0.4 is 14.8 Å². The molecule has 0 fully saturated rings. The molecule has 0 saturated carbocycles. The zero-order valence-electron chi connectivity index (χ0n) is 14.3. The monoisotopic (exact) mass is 322 g/mol. The van der Waals surface area contributed by atoms with Crippen LogP contribution in [0, 0.1) is 0 Å².